The van der Waals surface area contributed by atoms with Crippen LogP contribution in [0.5, 0.6) is 0 Å². The van der Waals surface area contributed by atoms with Crippen LogP contribution in [-0.2, 0) is 16.1 Å². The summed E-state index contributed by atoms with van der Waals surface area (Å²) in [5.41, 5.74) is -0.259. The van der Waals surface area contributed by atoms with Crippen LogP contribution in [0.4, 0.5) is 0 Å². The summed E-state index contributed by atoms with van der Waals surface area (Å²) in [5, 5.41) is 0. The van der Waals surface area contributed by atoms with Crippen molar-refractivity contribution in [2.24, 2.45) is 0 Å². The molecule has 0 aliphatic carbocycles. The van der Waals surface area contributed by atoms with E-state index >= 15 is 0 Å². The molecule has 0 unspecified atom stereocenters. The van der Waals surface area contributed by atoms with Gasteiger partial charge < -0.3 is 9.30 Å². The Balaban J connectivity index is 2.77. The first-order chi connectivity index (χ1) is 6.63. The highest BCUT2D eigenvalue weighted by molar-refractivity contribution is 7.80. The quantitative estimate of drug-likeness (QED) is 0.594. The maximum Gasteiger partial charge on any atom is 0.326 e. The fourth-order valence-corrected chi connectivity index (χ4v) is 1.15. The lowest BCUT2D eigenvalue weighted by Gasteiger charge is -2.04. The summed E-state index contributed by atoms with van der Waals surface area (Å²) in [6, 6.07) is 2.99. The third-order valence-corrected chi connectivity index (χ3v) is 1.86. The molecular formula is C9H11NO3S. The molecule has 0 atom stereocenters. The van der Waals surface area contributed by atoms with E-state index in [0.29, 0.717) is 11.5 Å². The number of hydrogen-bond acceptors (Lipinski definition) is 4. The van der Waals surface area contributed by atoms with Crippen LogP contribution in [0.3, 0.4) is 0 Å². The lowest BCUT2D eigenvalue weighted by Crippen LogP contribution is -2.24. The van der Waals surface area contributed by atoms with Gasteiger partial charge in [-0.15, -0.1) is 12.6 Å². The molecule has 0 fully saturated rings. The molecule has 0 saturated carbocycles. The zero-order valence-corrected chi connectivity index (χ0v) is 8.66. The predicted octanol–water partition coefficient (Wildman–Crippen LogP) is 0.700. The summed E-state index contributed by atoms with van der Waals surface area (Å²) in [5.74, 6) is -0.415. The van der Waals surface area contributed by atoms with Gasteiger partial charge in [-0.2, -0.15) is 0 Å². The molecular weight excluding hydrogens is 202 g/mol. The van der Waals surface area contributed by atoms with E-state index in [0.717, 1.165) is 0 Å². The minimum atomic E-state index is -0.415. The highest BCUT2D eigenvalue weighted by Crippen LogP contribution is 1.99. The molecule has 1 aromatic rings. The van der Waals surface area contributed by atoms with Crippen molar-refractivity contribution in [1.82, 2.24) is 4.57 Å². The number of pyridine rings is 1. The van der Waals surface area contributed by atoms with Crippen molar-refractivity contribution >= 4 is 18.6 Å². The van der Waals surface area contributed by atoms with Crippen molar-refractivity contribution < 1.29 is 9.53 Å². The highest BCUT2D eigenvalue weighted by Gasteiger charge is 2.04. The molecule has 76 valence electrons. The Morgan fingerprint density at radius 1 is 1.64 bits per heavy atom. The van der Waals surface area contributed by atoms with E-state index in [9.17, 15) is 9.59 Å². The second-order valence-corrected chi connectivity index (χ2v) is 3.17. The summed E-state index contributed by atoms with van der Waals surface area (Å²) in [7, 11) is 0. The largest absolute Gasteiger partial charge is 0.465 e. The standard InChI is InChI=1S/C9H11NO3S/c1-2-13-9(12)6-10-4-3-7(14)5-8(10)11/h3-5,14H,2,6H2,1H3. The first-order valence-corrected chi connectivity index (χ1v) is 4.63. The third kappa shape index (κ3) is 2.92. The van der Waals surface area contributed by atoms with Gasteiger partial charge >= 0.3 is 5.97 Å². The average Bonchev–Trinajstić information content (AvgIpc) is 2.10. The Bertz CT molecular complexity index is 386. The van der Waals surface area contributed by atoms with E-state index in [1.807, 2.05) is 0 Å². The van der Waals surface area contributed by atoms with Crippen molar-refractivity contribution in [1.29, 1.82) is 0 Å². The molecule has 14 heavy (non-hydrogen) atoms. The molecule has 0 spiro atoms. The van der Waals surface area contributed by atoms with Gasteiger partial charge in [-0.25, -0.2) is 0 Å². The highest BCUT2D eigenvalue weighted by atomic mass is 32.1. The smallest absolute Gasteiger partial charge is 0.326 e. The first kappa shape index (κ1) is 10.8. The molecule has 0 saturated heterocycles. The third-order valence-electron chi connectivity index (χ3n) is 1.58. The van der Waals surface area contributed by atoms with Crippen molar-refractivity contribution in [3.05, 3.63) is 28.7 Å². The van der Waals surface area contributed by atoms with Gasteiger partial charge in [0.1, 0.15) is 6.54 Å². The lowest BCUT2D eigenvalue weighted by molar-refractivity contribution is -0.143. The second kappa shape index (κ2) is 4.85. The predicted molar refractivity (Wildman–Crippen MR) is 54.6 cm³/mol. The molecule has 0 aliphatic heterocycles. The van der Waals surface area contributed by atoms with Gasteiger partial charge in [0.2, 0.25) is 0 Å². The average molecular weight is 213 g/mol. The fourth-order valence-electron chi connectivity index (χ4n) is 0.974. The molecule has 1 rings (SSSR count). The van der Waals surface area contributed by atoms with Crippen LogP contribution >= 0.6 is 12.6 Å². The monoisotopic (exact) mass is 213 g/mol. The van der Waals surface area contributed by atoms with E-state index < -0.39 is 5.97 Å². The second-order valence-electron chi connectivity index (χ2n) is 2.66. The van der Waals surface area contributed by atoms with Gasteiger partial charge in [0.05, 0.1) is 6.61 Å². The number of ether oxygens (including phenoxy) is 1. The maximum absolute atomic E-state index is 11.3. The van der Waals surface area contributed by atoms with E-state index in [1.165, 1.54) is 16.8 Å². The first-order valence-electron chi connectivity index (χ1n) is 4.18. The van der Waals surface area contributed by atoms with Gasteiger partial charge in [-0.3, -0.25) is 9.59 Å². The van der Waals surface area contributed by atoms with Crippen LogP contribution in [-0.4, -0.2) is 17.1 Å². The number of thiol groups is 1. The van der Waals surface area contributed by atoms with E-state index in [4.69, 9.17) is 4.74 Å². The molecule has 0 aromatic carbocycles. The Morgan fingerprint density at radius 3 is 2.93 bits per heavy atom. The van der Waals surface area contributed by atoms with Gasteiger partial charge in [-0.1, -0.05) is 0 Å². The van der Waals surface area contributed by atoms with Crippen molar-refractivity contribution in [2.75, 3.05) is 6.61 Å². The fraction of sp³-hybridized carbons (Fsp3) is 0.333. The number of hydrogen-bond donors (Lipinski definition) is 1. The number of carbonyl (C=O) groups excluding carboxylic acids is 1. The van der Waals surface area contributed by atoms with Crippen molar-refractivity contribution in [3.63, 3.8) is 0 Å². The van der Waals surface area contributed by atoms with Crippen LogP contribution in [0.1, 0.15) is 6.92 Å². The lowest BCUT2D eigenvalue weighted by atomic mass is 10.4. The zero-order chi connectivity index (χ0) is 10.6. The number of nitrogens with zero attached hydrogens (tertiary/aromatic N) is 1. The molecule has 0 amide bonds. The topological polar surface area (TPSA) is 48.3 Å². The van der Waals surface area contributed by atoms with Gasteiger partial charge in [0.15, 0.2) is 0 Å². The Labute approximate surface area is 86.9 Å². The summed E-state index contributed by atoms with van der Waals surface area (Å²) < 4.78 is 5.99. The molecule has 0 N–H and O–H groups in total. The minimum absolute atomic E-state index is 0.0548. The molecule has 0 bridgehead atoms. The van der Waals surface area contributed by atoms with Gasteiger partial charge in [0, 0.05) is 17.2 Å². The Hall–Kier alpha value is -1.23. The molecule has 1 aromatic heterocycles. The Kier molecular flexibility index (Phi) is 3.76. The summed E-state index contributed by atoms with van der Waals surface area (Å²) >= 11 is 4.00. The summed E-state index contributed by atoms with van der Waals surface area (Å²) in [6.45, 7) is 1.98. The van der Waals surface area contributed by atoms with E-state index in [2.05, 4.69) is 12.6 Å². The molecule has 0 radical (unpaired) electrons. The van der Waals surface area contributed by atoms with Crippen LogP contribution < -0.4 is 5.56 Å². The normalized spacial score (nSPS) is 9.86. The number of aromatic nitrogens is 1. The van der Waals surface area contributed by atoms with Gasteiger partial charge in [0.25, 0.3) is 5.56 Å². The number of rotatable bonds is 3. The van der Waals surface area contributed by atoms with Crippen LogP contribution in [0.25, 0.3) is 0 Å². The van der Waals surface area contributed by atoms with E-state index in [1.54, 1.807) is 13.0 Å². The number of esters is 1. The number of carbonyl (C=O) groups is 1. The van der Waals surface area contributed by atoms with Crippen molar-refractivity contribution in [2.45, 2.75) is 18.4 Å². The summed E-state index contributed by atoms with van der Waals surface area (Å²) in [4.78, 5) is 22.9. The maximum atomic E-state index is 11.3. The van der Waals surface area contributed by atoms with Crippen LogP contribution in [0.15, 0.2) is 28.0 Å². The van der Waals surface area contributed by atoms with Gasteiger partial charge in [-0.05, 0) is 13.0 Å². The molecule has 1 heterocycles. The molecule has 4 nitrogen and oxygen atoms in total. The van der Waals surface area contributed by atoms with E-state index in [-0.39, 0.29) is 12.1 Å². The van der Waals surface area contributed by atoms with Crippen LogP contribution in [0, 0.1) is 0 Å². The minimum Gasteiger partial charge on any atom is -0.465 e. The SMILES string of the molecule is CCOC(=O)Cn1ccc(S)cc1=O. The Morgan fingerprint density at radius 2 is 2.36 bits per heavy atom. The summed E-state index contributed by atoms with van der Waals surface area (Å²) in [6.07, 6.45) is 1.52. The molecule has 0 aliphatic rings. The van der Waals surface area contributed by atoms with Crippen LogP contribution in [0.2, 0.25) is 0 Å². The van der Waals surface area contributed by atoms with Crippen molar-refractivity contribution in [3.8, 4) is 0 Å². The molecule has 5 heteroatoms. The zero-order valence-electron chi connectivity index (χ0n) is 7.77.